The zero-order valence-electron chi connectivity index (χ0n) is 10.2. The number of benzene rings is 1. The number of anilines is 1. The topological polar surface area (TPSA) is 41.1 Å². The molecule has 0 spiro atoms. The van der Waals surface area contributed by atoms with Crippen LogP contribution < -0.4 is 10.6 Å². The number of alkyl halides is 2. The van der Waals surface area contributed by atoms with E-state index in [1.165, 1.54) is 0 Å². The summed E-state index contributed by atoms with van der Waals surface area (Å²) >= 11 is 3.35. The number of nitrogens with one attached hydrogen (secondary N) is 2. The summed E-state index contributed by atoms with van der Waals surface area (Å²) in [5.74, 6) is -3.22. The lowest BCUT2D eigenvalue weighted by Crippen LogP contribution is -2.35. The van der Waals surface area contributed by atoms with Crippen molar-refractivity contribution >= 4 is 39.9 Å². The largest absolute Gasteiger partial charge is 0.325 e. The minimum absolute atomic E-state index is 0. The number of hydrogen-bond acceptors (Lipinski definition) is 2. The van der Waals surface area contributed by atoms with Gasteiger partial charge in [-0.3, -0.25) is 10.1 Å². The highest BCUT2D eigenvalue weighted by Crippen LogP contribution is 2.26. The predicted molar refractivity (Wildman–Crippen MR) is 76.1 cm³/mol. The second-order valence-electron chi connectivity index (χ2n) is 4.45. The van der Waals surface area contributed by atoms with Crippen LogP contribution in [0, 0.1) is 6.92 Å². The van der Waals surface area contributed by atoms with Crippen LogP contribution in [-0.2, 0) is 4.79 Å². The van der Waals surface area contributed by atoms with Gasteiger partial charge in [0.15, 0.2) is 0 Å². The smallest absolute Gasteiger partial charge is 0.262 e. The third kappa shape index (κ3) is 4.12. The molecule has 0 radical (unpaired) electrons. The third-order valence-corrected chi connectivity index (χ3v) is 3.74. The molecule has 1 unspecified atom stereocenters. The van der Waals surface area contributed by atoms with Gasteiger partial charge in [-0.05, 0) is 30.7 Å². The normalized spacial score (nSPS) is 20.7. The Labute approximate surface area is 124 Å². The molecule has 106 valence electrons. The lowest BCUT2D eigenvalue weighted by molar-refractivity contribution is -0.118. The van der Waals surface area contributed by atoms with E-state index in [1.54, 1.807) is 12.1 Å². The van der Waals surface area contributed by atoms with Gasteiger partial charge in [0.25, 0.3) is 5.92 Å². The zero-order valence-corrected chi connectivity index (χ0v) is 12.6. The standard InChI is InChI=1S/C12H13BrF2N2O.ClH/c1-7-4-8(2-3-9(7)13)17-11(18)10-5-12(14,15)6-16-10;/h2-4,10,16H,5-6H2,1H3,(H,17,18);1H. The molecule has 7 heteroatoms. The van der Waals surface area contributed by atoms with E-state index in [2.05, 4.69) is 26.6 Å². The monoisotopic (exact) mass is 354 g/mol. The Morgan fingerprint density at radius 1 is 1.53 bits per heavy atom. The minimum Gasteiger partial charge on any atom is -0.325 e. The van der Waals surface area contributed by atoms with Crippen LogP contribution in [0.5, 0.6) is 0 Å². The van der Waals surface area contributed by atoms with Crippen molar-refractivity contribution in [3.63, 3.8) is 0 Å². The van der Waals surface area contributed by atoms with Crippen LogP contribution in [-0.4, -0.2) is 24.4 Å². The Kier molecular flexibility index (Phi) is 5.29. The molecule has 1 aromatic rings. The van der Waals surface area contributed by atoms with Gasteiger partial charge in [-0.1, -0.05) is 15.9 Å². The van der Waals surface area contributed by atoms with Gasteiger partial charge in [-0.15, -0.1) is 12.4 Å². The van der Waals surface area contributed by atoms with Crippen LogP contribution in [0.2, 0.25) is 0 Å². The Morgan fingerprint density at radius 2 is 2.21 bits per heavy atom. The van der Waals surface area contributed by atoms with Gasteiger partial charge in [0.1, 0.15) is 0 Å². The van der Waals surface area contributed by atoms with Crippen molar-refractivity contribution in [1.29, 1.82) is 0 Å². The highest BCUT2D eigenvalue weighted by molar-refractivity contribution is 9.10. The molecule has 1 aliphatic heterocycles. The van der Waals surface area contributed by atoms with Gasteiger partial charge in [-0.25, -0.2) is 8.78 Å². The van der Waals surface area contributed by atoms with Crippen molar-refractivity contribution in [1.82, 2.24) is 5.32 Å². The Morgan fingerprint density at radius 3 is 2.74 bits per heavy atom. The fourth-order valence-corrected chi connectivity index (χ4v) is 2.10. The molecule has 0 saturated carbocycles. The zero-order chi connectivity index (χ0) is 13.3. The van der Waals surface area contributed by atoms with Crippen molar-refractivity contribution in [2.45, 2.75) is 25.3 Å². The van der Waals surface area contributed by atoms with Crippen molar-refractivity contribution in [3.8, 4) is 0 Å². The van der Waals surface area contributed by atoms with Gasteiger partial charge in [-0.2, -0.15) is 0 Å². The molecule has 0 aliphatic carbocycles. The average molecular weight is 356 g/mol. The van der Waals surface area contributed by atoms with E-state index in [0.717, 1.165) is 10.0 Å². The highest BCUT2D eigenvalue weighted by Gasteiger charge is 2.42. The average Bonchev–Trinajstić information content (AvgIpc) is 2.64. The van der Waals surface area contributed by atoms with Crippen LogP contribution >= 0.6 is 28.3 Å². The summed E-state index contributed by atoms with van der Waals surface area (Å²) < 4.78 is 26.9. The number of carbonyl (C=O) groups is 1. The first kappa shape index (κ1) is 16.3. The molecule has 1 amide bonds. The number of halogens is 4. The third-order valence-electron chi connectivity index (χ3n) is 2.85. The fraction of sp³-hybridized carbons (Fsp3) is 0.417. The molecule has 0 aromatic heterocycles. The van der Waals surface area contributed by atoms with Crippen molar-refractivity contribution in [3.05, 3.63) is 28.2 Å². The second kappa shape index (κ2) is 6.15. The molecule has 1 saturated heterocycles. The summed E-state index contributed by atoms with van der Waals surface area (Å²) in [6.07, 6.45) is -0.450. The Balaban J connectivity index is 0.00000180. The molecule has 2 rings (SSSR count). The van der Waals surface area contributed by atoms with E-state index < -0.39 is 30.8 Å². The molecule has 1 aliphatic rings. The molecular weight excluding hydrogens is 341 g/mol. The number of carbonyl (C=O) groups excluding carboxylic acids is 1. The molecule has 3 nitrogen and oxygen atoms in total. The number of amides is 1. The Hall–Kier alpha value is -0.720. The molecule has 19 heavy (non-hydrogen) atoms. The number of aryl methyl sites for hydroxylation is 1. The first-order chi connectivity index (χ1) is 8.37. The lowest BCUT2D eigenvalue weighted by atomic mass is 10.1. The van der Waals surface area contributed by atoms with E-state index in [9.17, 15) is 13.6 Å². The van der Waals surface area contributed by atoms with Gasteiger partial charge >= 0.3 is 0 Å². The van der Waals surface area contributed by atoms with Crippen LogP contribution in [0.4, 0.5) is 14.5 Å². The molecular formula is C12H14BrClF2N2O. The van der Waals surface area contributed by atoms with Crippen LogP contribution in [0.25, 0.3) is 0 Å². The van der Waals surface area contributed by atoms with Crippen LogP contribution in [0.15, 0.2) is 22.7 Å². The molecule has 0 bridgehead atoms. The molecule has 1 aromatic carbocycles. The summed E-state index contributed by atoms with van der Waals surface area (Å²) in [6, 6.07) is 4.49. The maximum absolute atomic E-state index is 13.0. The van der Waals surface area contributed by atoms with Crippen molar-refractivity contribution in [2.24, 2.45) is 0 Å². The molecule has 1 fully saturated rings. The summed E-state index contributed by atoms with van der Waals surface area (Å²) in [7, 11) is 0. The summed E-state index contributed by atoms with van der Waals surface area (Å²) in [6.45, 7) is 1.45. The molecule has 1 heterocycles. The predicted octanol–water partition coefficient (Wildman–Crippen LogP) is 3.12. The summed E-state index contributed by atoms with van der Waals surface area (Å²) in [5, 5.41) is 5.16. The summed E-state index contributed by atoms with van der Waals surface area (Å²) in [5.41, 5.74) is 1.58. The van der Waals surface area contributed by atoms with Crippen molar-refractivity contribution < 1.29 is 13.6 Å². The number of hydrogen-bond donors (Lipinski definition) is 2. The van der Waals surface area contributed by atoms with Crippen LogP contribution in [0.3, 0.4) is 0 Å². The van der Waals surface area contributed by atoms with Gasteiger partial charge in [0, 0.05) is 16.6 Å². The highest BCUT2D eigenvalue weighted by atomic mass is 79.9. The first-order valence-electron chi connectivity index (χ1n) is 5.56. The van der Waals surface area contributed by atoms with E-state index >= 15 is 0 Å². The van der Waals surface area contributed by atoms with E-state index in [0.29, 0.717) is 5.69 Å². The maximum atomic E-state index is 13.0. The SMILES string of the molecule is Cc1cc(NC(=O)C2CC(F)(F)CN2)ccc1Br.Cl. The minimum atomic E-state index is -2.79. The number of rotatable bonds is 2. The fourth-order valence-electron chi connectivity index (χ4n) is 1.85. The van der Waals surface area contributed by atoms with Crippen LogP contribution in [0.1, 0.15) is 12.0 Å². The van der Waals surface area contributed by atoms with E-state index in [1.807, 2.05) is 13.0 Å². The van der Waals surface area contributed by atoms with Gasteiger partial charge in [0.2, 0.25) is 5.91 Å². The molecule has 2 N–H and O–H groups in total. The first-order valence-corrected chi connectivity index (χ1v) is 6.35. The quantitative estimate of drug-likeness (QED) is 0.856. The Bertz CT molecular complexity index is 485. The molecule has 1 atom stereocenters. The maximum Gasteiger partial charge on any atom is 0.262 e. The van der Waals surface area contributed by atoms with Crippen molar-refractivity contribution in [2.75, 3.05) is 11.9 Å². The summed E-state index contributed by atoms with van der Waals surface area (Å²) in [4.78, 5) is 11.8. The second-order valence-corrected chi connectivity index (χ2v) is 5.30. The van der Waals surface area contributed by atoms with Gasteiger partial charge < -0.3 is 5.32 Å². The van der Waals surface area contributed by atoms with E-state index in [-0.39, 0.29) is 12.4 Å². The lowest BCUT2D eigenvalue weighted by Gasteiger charge is -2.12. The van der Waals surface area contributed by atoms with E-state index in [4.69, 9.17) is 0 Å². The van der Waals surface area contributed by atoms with Gasteiger partial charge in [0.05, 0.1) is 12.6 Å².